The van der Waals surface area contributed by atoms with E-state index in [0.29, 0.717) is 37.9 Å². The first-order chi connectivity index (χ1) is 14.5. The first-order valence-corrected chi connectivity index (χ1v) is 9.72. The van der Waals surface area contributed by atoms with Gasteiger partial charge in [0.15, 0.2) is 0 Å². The van der Waals surface area contributed by atoms with Crippen LogP contribution in [0.5, 0.6) is 11.5 Å². The van der Waals surface area contributed by atoms with Crippen LogP contribution in [0.1, 0.15) is 13.8 Å². The van der Waals surface area contributed by atoms with E-state index in [1.807, 2.05) is 0 Å². The summed E-state index contributed by atoms with van der Waals surface area (Å²) in [4.78, 5) is 22.1. The van der Waals surface area contributed by atoms with Crippen molar-refractivity contribution in [2.75, 3.05) is 37.1 Å². The Bertz CT molecular complexity index is 758. The van der Waals surface area contributed by atoms with Crippen molar-refractivity contribution in [2.24, 2.45) is 0 Å². The maximum absolute atomic E-state index is 11.0. The topological polar surface area (TPSA) is 95.1 Å². The van der Waals surface area contributed by atoms with Crippen LogP contribution in [-0.2, 0) is 19.1 Å². The first-order valence-electron chi connectivity index (χ1n) is 9.72. The summed E-state index contributed by atoms with van der Waals surface area (Å²) < 4.78 is 23.1. The molecule has 1 aliphatic rings. The predicted octanol–water partition coefficient (Wildman–Crippen LogP) is 2.85. The molecule has 1 heterocycles. The van der Waals surface area contributed by atoms with Gasteiger partial charge in [-0.25, -0.2) is 0 Å². The van der Waals surface area contributed by atoms with Gasteiger partial charge >= 0.3 is 0 Å². The number of benzene rings is 2. The van der Waals surface area contributed by atoms with Crippen LogP contribution in [0.15, 0.2) is 48.5 Å². The van der Waals surface area contributed by atoms with E-state index in [1.165, 1.54) is 13.8 Å². The smallest absolute Gasteiger partial charge is 0.221 e. The second kappa shape index (κ2) is 10.6. The Morgan fingerprint density at radius 1 is 0.767 bits per heavy atom. The third kappa shape index (κ3) is 7.06. The molecular weight excluding hydrogens is 388 g/mol. The van der Waals surface area contributed by atoms with E-state index >= 15 is 0 Å². The lowest BCUT2D eigenvalue weighted by atomic mass is 10.3. The molecule has 1 saturated heterocycles. The van der Waals surface area contributed by atoms with Gasteiger partial charge in [-0.2, -0.15) is 0 Å². The van der Waals surface area contributed by atoms with Crippen LogP contribution in [-0.4, -0.2) is 50.4 Å². The van der Waals surface area contributed by atoms with E-state index in [9.17, 15) is 9.59 Å². The van der Waals surface area contributed by atoms with Crippen molar-refractivity contribution in [1.82, 2.24) is 0 Å². The van der Waals surface area contributed by atoms with Crippen LogP contribution in [0.4, 0.5) is 11.4 Å². The second-order valence-electron chi connectivity index (χ2n) is 6.94. The van der Waals surface area contributed by atoms with Crippen molar-refractivity contribution in [3.63, 3.8) is 0 Å². The Hall–Kier alpha value is -3.10. The largest absolute Gasteiger partial charge is 0.491 e. The molecule has 0 radical (unpaired) electrons. The number of carbonyl (C=O) groups excluding carboxylic acids is 2. The van der Waals surface area contributed by atoms with E-state index in [2.05, 4.69) is 10.6 Å². The molecule has 2 atom stereocenters. The van der Waals surface area contributed by atoms with Crippen LogP contribution in [0, 0.1) is 0 Å². The third-order valence-corrected chi connectivity index (χ3v) is 4.26. The number of amides is 2. The number of nitrogens with one attached hydrogen (secondary N) is 2. The minimum Gasteiger partial charge on any atom is -0.491 e. The van der Waals surface area contributed by atoms with E-state index in [1.54, 1.807) is 48.5 Å². The lowest BCUT2D eigenvalue weighted by Crippen LogP contribution is -2.41. The average Bonchev–Trinajstić information content (AvgIpc) is 2.73. The highest BCUT2D eigenvalue weighted by atomic mass is 16.6. The second-order valence-corrected chi connectivity index (χ2v) is 6.94. The van der Waals surface area contributed by atoms with Crippen LogP contribution < -0.4 is 20.1 Å². The highest BCUT2D eigenvalue weighted by Gasteiger charge is 2.23. The number of rotatable bonds is 8. The summed E-state index contributed by atoms with van der Waals surface area (Å²) in [6, 6.07) is 14.3. The van der Waals surface area contributed by atoms with Gasteiger partial charge in [-0.15, -0.1) is 0 Å². The van der Waals surface area contributed by atoms with Crippen molar-refractivity contribution in [3.05, 3.63) is 48.5 Å². The highest BCUT2D eigenvalue weighted by Crippen LogP contribution is 2.19. The molecular formula is C22H26N2O6. The molecule has 1 aliphatic heterocycles. The van der Waals surface area contributed by atoms with Gasteiger partial charge in [-0.1, -0.05) is 0 Å². The summed E-state index contributed by atoms with van der Waals surface area (Å²) in [7, 11) is 0. The lowest BCUT2D eigenvalue weighted by molar-refractivity contribution is -0.150. The normalized spacial score (nSPS) is 18.3. The SMILES string of the molecule is CC(=O)Nc1ccc(OCC2COC(COc3ccc(NC(C)=O)cc3)CO2)cc1. The summed E-state index contributed by atoms with van der Waals surface area (Å²) in [5.74, 6) is 1.16. The number of anilines is 2. The molecule has 2 N–H and O–H groups in total. The number of carbonyl (C=O) groups is 2. The highest BCUT2D eigenvalue weighted by molar-refractivity contribution is 5.89. The average molecular weight is 414 g/mol. The van der Waals surface area contributed by atoms with Gasteiger partial charge in [-0.05, 0) is 48.5 Å². The van der Waals surface area contributed by atoms with Crippen molar-refractivity contribution < 1.29 is 28.5 Å². The molecule has 2 amide bonds. The maximum atomic E-state index is 11.0. The Labute approximate surface area is 175 Å². The molecule has 0 spiro atoms. The Balaban J connectivity index is 1.34. The van der Waals surface area contributed by atoms with Crippen molar-refractivity contribution in [2.45, 2.75) is 26.1 Å². The zero-order valence-corrected chi connectivity index (χ0v) is 17.1. The molecule has 8 heteroatoms. The maximum Gasteiger partial charge on any atom is 0.221 e. The van der Waals surface area contributed by atoms with E-state index in [-0.39, 0.29) is 24.0 Å². The van der Waals surface area contributed by atoms with Crippen LogP contribution in [0.2, 0.25) is 0 Å². The van der Waals surface area contributed by atoms with Crippen LogP contribution in [0.25, 0.3) is 0 Å². The van der Waals surface area contributed by atoms with Gasteiger partial charge < -0.3 is 29.6 Å². The Morgan fingerprint density at radius 2 is 1.13 bits per heavy atom. The predicted molar refractivity (Wildman–Crippen MR) is 112 cm³/mol. The summed E-state index contributed by atoms with van der Waals surface area (Å²) in [6.07, 6.45) is -0.318. The van der Waals surface area contributed by atoms with Gasteiger partial charge in [-0.3, -0.25) is 9.59 Å². The lowest BCUT2D eigenvalue weighted by Gasteiger charge is -2.29. The zero-order chi connectivity index (χ0) is 21.3. The van der Waals surface area contributed by atoms with Crippen LogP contribution >= 0.6 is 0 Å². The van der Waals surface area contributed by atoms with Crippen molar-refractivity contribution >= 4 is 23.2 Å². The molecule has 0 saturated carbocycles. The molecule has 160 valence electrons. The van der Waals surface area contributed by atoms with Gasteiger partial charge in [0.1, 0.15) is 36.9 Å². The third-order valence-electron chi connectivity index (χ3n) is 4.26. The fraction of sp³-hybridized carbons (Fsp3) is 0.364. The molecule has 0 aliphatic carbocycles. The van der Waals surface area contributed by atoms with E-state index in [0.717, 1.165) is 11.4 Å². The van der Waals surface area contributed by atoms with Gasteiger partial charge in [0.25, 0.3) is 0 Å². The van der Waals surface area contributed by atoms with Crippen molar-refractivity contribution in [1.29, 1.82) is 0 Å². The summed E-state index contributed by atoms with van der Waals surface area (Å²) in [5, 5.41) is 5.42. The number of hydrogen-bond acceptors (Lipinski definition) is 6. The van der Waals surface area contributed by atoms with E-state index < -0.39 is 0 Å². The quantitative estimate of drug-likeness (QED) is 0.690. The molecule has 2 aromatic rings. The van der Waals surface area contributed by atoms with Gasteiger partial charge in [0, 0.05) is 25.2 Å². The summed E-state index contributed by atoms with van der Waals surface area (Å²) >= 11 is 0. The van der Waals surface area contributed by atoms with Crippen LogP contribution in [0.3, 0.4) is 0 Å². The fourth-order valence-corrected chi connectivity index (χ4v) is 2.83. The van der Waals surface area contributed by atoms with Crippen molar-refractivity contribution in [3.8, 4) is 11.5 Å². The monoisotopic (exact) mass is 414 g/mol. The standard InChI is InChI=1S/C22H26N2O6/c1-15(25)23-17-3-7-19(8-4-17)27-11-21-13-30-22(14-29-21)12-28-20-9-5-18(6-10-20)24-16(2)26/h3-10,21-22H,11-14H2,1-2H3,(H,23,25)(H,24,26). The molecule has 0 bridgehead atoms. The fourth-order valence-electron chi connectivity index (χ4n) is 2.83. The minimum absolute atomic E-state index is 0.114. The Morgan fingerprint density at radius 3 is 1.43 bits per heavy atom. The molecule has 2 aromatic carbocycles. The molecule has 1 fully saturated rings. The molecule has 2 unspecified atom stereocenters. The van der Waals surface area contributed by atoms with E-state index in [4.69, 9.17) is 18.9 Å². The molecule has 0 aromatic heterocycles. The molecule has 3 rings (SSSR count). The zero-order valence-electron chi connectivity index (χ0n) is 17.1. The number of ether oxygens (including phenoxy) is 4. The van der Waals surface area contributed by atoms with Gasteiger partial charge in [0.05, 0.1) is 13.2 Å². The van der Waals surface area contributed by atoms with Gasteiger partial charge in [0.2, 0.25) is 11.8 Å². The molecule has 30 heavy (non-hydrogen) atoms. The Kier molecular flexibility index (Phi) is 7.64. The number of hydrogen-bond donors (Lipinski definition) is 2. The summed E-state index contributed by atoms with van der Waals surface area (Å²) in [5.41, 5.74) is 1.44. The molecule has 8 nitrogen and oxygen atoms in total. The minimum atomic E-state index is -0.159. The first kappa shape index (κ1) is 21.6. The summed E-state index contributed by atoms with van der Waals surface area (Å²) in [6.45, 7) is 4.51.